The van der Waals surface area contributed by atoms with Crippen LogP contribution in [0.25, 0.3) is 11.4 Å². The number of thiophene rings is 1. The van der Waals surface area contributed by atoms with Gasteiger partial charge in [-0.15, -0.1) is 0 Å². The molecule has 0 unspecified atom stereocenters. The van der Waals surface area contributed by atoms with Gasteiger partial charge in [-0.1, -0.05) is 0 Å². The molecule has 0 aromatic carbocycles. The fourth-order valence-corrected chi connectivity index (χ4v) is 2.04. The summed E-state index contributed by atoms with van der Waals surface area (Å²) >= 11 is 4.60. The average Bonchev–Trinajstić information content (AvgIpc) is 2.71. The normalized spacial score (nSPS) is 10.2. The molecule has 0 aliphatic carbocycles. The van der Waals surface area contributed by atoms with E-state index in [1.165, 1.54) is 17.5 Å². The molecular weight excluding hydrogens is 280 g/mol. The van der Waals surface area contributed by atoms with Crippen LogP contribution in [0, 0.1) is 0 Å². The molecule has 0 aliphatic rings. The number of aromatic nitrogens is 2. The van der Waals surface area contributed by atoms with Gasteiger partial charge >= 0.3 is 5.97 Å². The topological polar surface area (TPSA) is 63.1 Å². The van der Waals surface area contributed by atoms with E-state index in [0.29, 0.717) is 10.3 Å². The van der Waals surface area contributed by atoms with Crippen LogP contribution in [0.15, 0.2) is 27.5 Å². The molecular formula is C9H5BrN2O2S. The Bertz CT molecular complexity index is 499. The monoisotopic (exact) mass is 284 g/mol. The quantitative estimate of drug-likeness (QED) is 0.921. The number of carboxylic acids is 1. The fraction of sp³-hybridized carbons (Fsp3) is 0. The largest absolute Gasteiger partial charge is 0.476 e. The lowest BCUT2D eigenvalue weighted by Gasteiger charge is -2.00. The highest BCUT2D eigenvalue weighted by Gasteiger charge is 2.12. The zero-order valence-corrected chi connectivity index (χ0v) is 9.75. The molecule has 0 spiro atoms. The Kier molecular flexibility index (Phi) is 2.79. The summed E-state index contributed by atoms with van der Waals surface area (Å²) in [6, 6.07) is 1.85. The van der Waals surface area contributed by atoms with E-state index in [4.69, 9.17) is 5.11 Å². The first kappa shape index (κ1) is 10.3. The van der Waals surface area contributed by atoms with E-state index in [9.17, 15) is 4.79 Å². The maximum atomic E-state index is 10.8. The van der Waals surface area contributed by atoms with Crippen LogP contribution in [0.2, 0.25) is 0 Å². The Morgan fingerprint density at radius 2 is 2.33 bits per heavy atom. The summed E-state index contributed by atoms with van der Waals surface area (Å²) in [7, 11) is 0. The summed E-state index contributed by atoms with van der Waals surface area (Å²) < 4.78 is 0.383. The Morgan fingerprint density at radius 3 is 2.93 bits per heavy atom. The molecule has 15 heavy (non-hydrogen) atoms. The number of carbonyl (C=O) groups is 1. The molecule has 2 aromatic heterocycles. The number of aromatic carboxylic acids is 1. The van der Waals surface area contributed by atoms with Crippen LogP contribution in [0.5, 0.6) is 0 Å². The average molecular weight is 285 g/mol. The van der Waals surface area contributed by atoms with Crippen LogP contribution in [0.1, 0.15) is 10.5 Å². The van der Waals surface area contributed by atoms with Crippen molar-refractivity contribution in [2.75, 3.05) is 0 Å². The molecule has 76 valence electrons. The van der Waals surface area contributed by atoms with Gasteiger partial charge in [0.2, 0.25) is 0 Å². The summed E-state index contributed by atoms with van der Waals surface area (Å²) in [5.41, 5.74) is 0.807. The molecule has 6 heteroatoms. The molecule has 2 heterocycles. The molecule has 4 nitrogen and oxygen atoms in total. The van der Waals surface area contributed by atoms with Crippen LogP contribution in [0.3, 0.4) is 0 Å². The van der Waals surface area contributed by atoms with E-state index in [-0.39, 0.29) is 5.69 Å². The maximum Gasteiger partial charge on any atom is 0.355 e. The predicted molar refractivity (Wildman–Crippen MR) is 60.0 cm³/mol. The van der Waals surface area contributed by atoms with E-state index in [1.54, 1.807) is 0 Å². The minimum atomic E-state index is -1.07. The summed E-state index contributed by atoms with van der Waals surface area (Å²) in [6.45, 7) is 0. The van der Waals surface area contributed by atoms with Crippen molar-refractivity contribution >= 4 is 33.2 Å². The molecule has 0 fully saturated rings. The highest BCUT2D eigenvalue weighted by atomic mass is 79.9. The summed E-state index contributed by atoms with van der Waals surface area (Å²) in [4.78, 5) is 18.8. The second-order valence-corrected chi connectivity index (χ2v) is 4.34. The zero-order chi connectivity index (χ0) is 10.8. The minimum Gasteiger partial charge on any atom is -0.476 e. The van der Waals surface area contributed by atoms with Crippen molar-refractivity contribution in [1.29, 1.82) is 0 Å². The smallest absolute Gasteiger partial charge is 0.355 e. The lowest BCUT2D eigenvalue weighted by Crippen LogP contribution is -2.03. The Morgan fingerprint density at radius 1 is 1.53 bits per heavy atom. The van der Waals surface area contributed by atoms with Crippen molar-refractivity contribution in [1.82, 2.24) is 9.97 Å². The second-order valence-electron chi connectivity index (χ2n) is 2.71. The van der Waals surface area contributed by atoms with Crippen LogP contribution in [0.4, 0.5) is 0 Å². The van der Waals surface area contributed by atoms with Gasteiger partial charge in [-0.3, -0.25) is 0 Å². The van der Waals surface area contributed by atoms with Crippen molar-refractivity contribution in [3.8, 4) is 11.4 Å². The number of halogens is 1. The van der Waals surface area contributed by atoms with Crippen LogP contribution >= 0.6 is 27.3 Å². The third-order valence-corrected chi connectivity index (χ3v) is 2.99. The van der Waals surface area contributed by atoms with E-state index >= 15 is 0 Å². The molecule has 0 atom stereocenters. The first-order valence-corrected chi connectivity index (χ1v) is 5.70. The summed E-state index contributed by atoms with van der Waals surface area (Å²) in [5.74, 6) is -0.641. The van der Waals surface area contributed by atoms with Crippen molar-refractivity contribution in [2.24, 2.45) is 0 Å². The maximum absolute atomic E-state index is 10.8. The molecule has 0 amide bonds. The lowest BCUT2D eigenvalue weighted by atomic mass is 10.3. The van der Waals surface area contributed by atoms with Crippen molar-refractivity contribution in [3.63, 3.8) is 0 Å². The van der Waals surface area contributed by atoms with E-state index in [1.807, 2.05) is 16.8 Å². The summed E-state index contributed by atoms with van der Waals surface area (Å²) in [5, 5.41) is 12.6. The number of nitrogens with zero attached hydrogens (tertiary/aromatic N) is 2. The van der Waals surface area contributed by atoms with Gasteiger partial charge in [-0.25, -0.2) is 14.8 Å². The molecule has 0 radical (unpaired) electrons. The van der Waals surface area contributed by atoms with Gasteiger partial charge in [0.1, 0.15) is 0 Å². The van der Waals surface area contributed by atoms with Gasteiger partial charge in [0.25, 0.3) is 0 Å². The lowest BCUT2D eigenvalue weighted by molar-refractivity contribution is 0.0689. The number of hydrogen-bond acceptors (Lipinski definition) is 4. The Labute approximate surface area is 97.8 Å². The van der Waals surface area contributed by atoms with Gasteiger partial charge in [0, 0.05) is 17.1 Å². The highest BCUT2D eigenvalue weighted by Crippen LogP contribution is 2.21. The van der Waals surface area contributed by atoms with Gasteiger partial charge in [-0.2, -0.15) is 11.3 Å². The summed E-state index contributed by atoms with van der Waals surface area (Å²) in [6.07, 6.45) is 1.45. The SMILES string of the molecule is O=C(O)c1nc(-c2ccsc2)ncc1Br. The van der Waals surface area contributed by atoms with Crippen LogP contribution in [-0.4, -0.2) is 21.0 Å². The molecule has 1 N–H and O–H groups in total. The molecule has 0 aliphatic heterocycles. The van der Waals surface area contributed by atoms with Gasteiger partial charge in [-0.05, 0) is 27.4 Å². The van der Waals surface area contributed by atoms with Gasteiger partial charge in [0.05, 0.1) is 4.47 Å². The molecule has 2 aromatic rings. The minimum absolute atomic E-state index is 0.0220. The molecule has 0 bridgehead atoms. The standard InChI is InChI=1S/C9H5BrN2O2S/c10-6-3-11-8(5-1-2-15-4-5)12-7(6)9(13)14/h1-4H,(H,13,14). The van der Waals surface area contributed by atoms with Crippen LogP contribution < -0.4 is 0 Å². The third-order valence-electron chi connectivity index (χ3n) is 1.73. The second kappa shape index (κ2) is 4.08. The first-order chi connectivity index (χ1) is 7.18. The number of carboxylic acid groups (broad SMARTS) is 1. The third kappa shape index (κ3) is 2.05. The van der Waals surface area contributed by atoms with Gasteiger partial charge < -0.3 is 5.11 Å². The van der Waals surface area contributed by atoms with Crippen molar-refractivity contribution in [3.05, 3.63) is 33.2 Å². The molecule has 0 saturated carbocycles. The first-order valence-electron chi connectivity index (χ1n) is 3.97. The van der Waals surface area contributed by atoms with Gasteiger partial charge in [0.15, 0.2) is 11.5 Å². The number of rotatable bonds is 2. The molecule has 2 rings (SSSR count). The molecule has 0 saturated heterocycles. The van der Waals surface area contributed by atoms with Crippen LogP contribution in [-0.2, 0) is 0 Å². The highest BCUT2D eigenvalue weighted by molar-refractivity contribution is 9.10. The Balaban J connectivity index is 2.52. The van der Waals surface area contributed by atoms with Crippen molar-refractivity contribution in [2.45, 2.75) is 0 Å². The van der Waals surface area contributed by atoms with E-state index < -0.39 is 5.97 Å². The van der Waals surface area contributed by atoms with E-state index in [2.05, 4.69) is 25.9 Å². The zero-order valence-electron chi connectivity index (χ0n) is 7.35. The Hall–Kier alpha value is -1.27. The predicted octanol–water partition coefficient (Wildman–Crippen LogP) is 2.67. The number of hydrogen-bond donors (Lipinski definition) is 1. The van der Waals surface area contributed by atoms with E-state index in [0.717, 1.165) is 5.56 Å². The fourth-order valence-electron chi connectivity index (χ4n) is 1.05. The van der Waals surface area contributed by atoms with Crippen molar-refractivity contribution < 1.29 is 9.90 Å².